The maximum Gasteiger partial charge on any atom is 0.342 e. The molecule has 4 rings (SSSR count). The standard InChI is InChI=1S/C19H22N6O4/c1-3-29-18(27)14-11-20-23(2)17(14)15(26)10-13-4-5-16-21-19(22-25(16)12-13)24-6-8-28-9-7-24/h4-5,11-12H,3,6-10H2,1-2H3. The molecule has 0 aliphatic carbocycles. The minimum atomic E-state index is -0.550. The van der Waals surface area contributed by atoms with Crippen LogP contribution in [0.3, 0.4) is 0 Å². The minimum absolute atomic E-state index is 0.106. The van der Waals surface area contributed by atoms with Crippen LogP contribution in [0, 0.1) is 0 Å². The molecule has 10 nitrogen and oxygen atoms in total. The summed E-state index contributed by atoms with van der Waals surface area (Å²) >= 11 is 0. The first-order valence-electron chi connectivity index (χ1n) is 9.47. The van der Waals surface area contributed by atoms with Gasteiger partial charge in [-0.15, -0.1) is 5.10 Å². The van der Waals surface area contributed by atoms with E-state index in [1.54, 1.807) is 24.7 Å². The summed E-state index contributed by atoms with van der Waals surface area (Å²) in [4.78, 5) is 31.6. The van der Waals surface area contributed by atoms with E-state index >= 15 is 0 Å². The molecule has 4 heterocycles. The number of Topliss-reactive ketones (excluding diaryl/α,β-unsaturated/α-hetero) is 1. The summed E-state index contributed by atoms with van der Waals surface area (Å²) in [5.41, 5.74) is 1.87. The molecule has 1 aliphatic heterocycles. The lowest BCUT2D eigenvalue weighted by Gasteiger charge is -2.25. The molecule has 0 aromatic carbocycles. The van der Waals surface area contributed by atoms with Gasteiger partial charge in [-0.3, -0.25) is 9.48 Å². The number of aromatic nitrogens is 5. The summed E-state index contributed by atoms with van der Waals surface area (Å²) < 4.78 is 13.5. The van der Waals surface area contributed by atoms with Gasteiger partial charge in [0.2, 0.25) is 5.95 Å². The highest BCUT2D eigenvalue weighted by Gasteiger charge is 2.23. The smallest absolute Gasteiger partial charge is 0.342 e. The summed E-state index contributed by atoms with van der Waals surface area (Å²) in [6.07, 6.45) is 3.25. The highest BCUT2D eigenvalue weighted by molar-refractivity contribution is 6.05. The third kappa shape index (κ3) is 3.83. The van der Waals surface area contributed by atoms with E-state index in [9.17, 15) is 9.59 Å². The lowest BCUT2D eigenvalue weighted by Crippen LogP contribution is -2.36. The molecule has 0 saturated carbocycles. The van der Waals surface area contributed by atoms with E-state index in [-0.39, 0.29) is 30.1 Å². The van der Waals surface area contributed by atoms with Gasteiger partial charge in [-0.25, -0.2) is 9.31 Å². The van der Waals surface area contributed by atoms with Crippen LogP contribution >= 0.6 is 0 Å². The van der Waals surface area contributed by atoms with Gasteiger partial charge in [-0.1, -0.05) is 6.07 Å². The van der Waals surface area contributed by atoms with Gasteiger partial charge in [0, 0.05) is 32.8 Å². The van der Waals surface area contributed by atoms with Gasteiger partial charge in [0.05, 0.1) is 26.0 Å². The molecule has 152 valence electrons. The number of fused-ring (bicyclic) bond motifs is 1. The fourth-order valence-electron chi connectivity index (χ4n) is 3.31. The van der Waals surface area contributed by atoms with Crippen molar-refractivity contribution in [1.82, 2.24) is 24.4 Å². The van der Waals surface area contributed by atoms with Crippen molar-refractivity contribution in [2.75, 3.05) is 37.8 Å². The lowest BCUT2D eigenvalue weighted by molar-refractivity contribution is 0.0522. The SMILES string of the molecule is CCOC(=O)c1cnn(C)c1C(=O)Cc1ccc2nc(N3CCOCC3)nn2c1. The quantitative estimate of drug-likeness (QED) is 0.446. The van der Waals surface area contributed by atoms with Crippen molar-refractivity contribution < 1.29 is 19.1 Å². The molecule has 10 heteroatoms. The molecule has 3 aromatic heterocycles. The Morgan fingerprint density at radius 3 is 2.79 bits per heavy atom. The Balaban J connectivity index is 1.56. The monoisotopic (exact) mass is 398 g/mol. The van der Waals surface area contributed by atoms with E-state index in [1.807, 2.05) is 12.1 Å². The number of carbonyl (C=O) groups excluding carboxylic acids is 2. The Kier molecular flexibility index (Phi) is 5.26. The van der Waals surface area contributed by atoms with Crippen molar-refractivity contribution in [2.45, 2.75) is 13.3 Å². The molecule has 0 spiro atoms. The maximum absolute atomic E-state index is 12.9. The number of hydrogen-bond donors (Lipinski definition) is 0. The average molecular weight is 398 g/mol. The van der Waals surface area contributed by atoms with Crippen LogP contribution in [0.1, 0.15) is 33.3 Å². The second-order valence-corrected chi connectivity index (χ2v) is 6.70. The third-order valence-corrected chi connectivity index (χ3v) is 4.74. The van der Waals surface area contributed by atoms with Gasteiger partial charge in [0.1, 0.15) is 11.3 Å². The number of morpholine rings is 1. The summed E-state index contributed by atoms with van der Waals surface area (Å²) in [6.45, 7) is 4.76. The second kappa shape index (κ2) is 8.00. The van der Waals surface area contributed by atoms with Gasteiger partial charge in [0.25, 0.3) is 0 Å². The van der Waals surface area contributed by atoms with Gasteiger partial charge in [-0.05, 0) is 18.6 Å². The van der Waals surface area contributed by atoms with Crippen LogP contribution < -0.4 is 4.90 Å². The first-order valence-corrected chi connectivity index (χ1v) is 9.47. The van der Waals surface area contributed by atoms with Crippen LogP contribution in [0.4, 0.5) is 5.95 Å². The number of esters is 1. The molecule has 1 aliphatic rings. The summed E-state index contributed by atoms with van der Waals surface area (Å²) in [7, 11) is 1.63. The van der Waals surface area contributed by atoms with E-state index in [2.05, 4.69) is 20.1 Å². The molecule has 3 aromatic rings. The normalized spacial score (nSPS) is 14.3. The summed E-state index contributed by atoms with van der Waals surface area (Å²) in [5, 5.41) is 8.57. The fourth-order valence-corrected chi connectivity index (χ4v) is 3.31. The molecule has 0 atom stereocenters. The largest absolute Gasteiger partial charge is 0.462 e. The maximum atomic E-state index is 12.9. The van der Waals surface area contributed by atoms with Crippen molar-refractivity contribution in [2.24, 2.45) is 7.05 Å². The Labute approximate surface area is 167 Å². The molecule has 29 heavy (non-hydrogen) atoms. The zero-order valence-electron chi connectivity index (χ0n) is 16.4. The number of ether oxygens (including phenoxy) is 2. The van der Waals surface area contributed by atoms with Crippen LogP contribution in [0.15, 0.2) is 24.5 Å². The zero-order chi connectivity index (χ0) is 20.4. The number of anilines is 1. The molecule has 0 unspecified atom stereocenters. The predicted molar refractivity (Wildman–Crippen MR) is 103 cm³/mol. The van der Waals surface area contributed by atoms with Crippen molar-refractivity contribution in [3.8, 4) is 0 Å². The van der Waals surface area contributed by atoms with E-state index in [0.29, 0.717) is 24.8 Å². The molecule has 1 fully saturated rings. The van der Waals surface area contributed by atoms with Gasteiger partial charge < -0.3 is 14.4 Å². The average Bonchev–Trinajstić information content (AvgIpc) is 3.32. The Morgan fingerprint density at radius 2 is 2.03 bits per heavy atom. The highest BCUT2D eigenvalue weighted by Crippen LogP contribution is 2.16. The van der Waals surface area contributed by atoms with Crippen molar-refractivity contribution in [3.05, 3.63) is 41.3 Å². The summed E-state index contributed by atoms with van der Waals surface area (Å²) in [5.74, 6) is -0.125. The lowest BCUT2D eigenvalue weighted by atomic mass is 10.1. The van der Waals surface area contributed by atoms with Crippen LogP contribution in [-0.4, -0.2) is 69.0 Å². The van der Waals surface area contributed by atoms with E-state index in [4.69, 9.17) is 9.47 Å². The van der Waals surface area contributed by atoms with Crippen LogP contribution in [0.25, 0.3) is 5.65 Å². The Morgan fingerprint density at radius 1 is 1.24 bits per heavy atom. The first kappa shape index (κ1) is 19.1. The highest BCUT2D eigenvalue weighted by atomic mass is 16.5. The number of carbonyl (C=O) groups is 2. The van der Waals surface area contributed by atoms with Crippen LogP contribution in [0.2, 0.25) is 0 Å². The number of nitrogens with zero attached hydrogens (tertiary/aromatic N) is 6. The molecule has 0 bridgehead atoms. The fraction of sp³-hybridized carbons (Fsp3) is 0.421. The molecular weight excluding hydrogens is 376 g/mol. The summed E-state index contributed by atoms with van der Waals surface area (Å²) in [6, 6.07) is 3.67. The molecule has 0 amide bonds. The van der Waals surface area contributed by atoms with E-state index in [1.165, 1.54) is 10.9 Å². The van der Waals surface area contributed by atoms with Gasteiger partial charge in [0.15, 0.2) is 11.4 Å². The Bertz CT molecular complexity index is 1050. The molecular formula is C19H22N6O4. The van der Waals surface area contributed by atoms with Gasteiger partial charge >= 0.3 is 5.97 Å². The topological polar surface area (TPSA) is 104 Å². The van der Waals surface area contributed by atoms with Crippen LogP contribution in [-0.2, 0) is 22.9 Å². The van der Waals surface area contributed by atoms with Gasteiger partial charge in [-0.2, -0.15) is 10.1 Å². The molecule has 1 saturated heterocycles. The number of aryl methyl sites for hydroxylation is 1. The van der Waals surface area contributed by atoms with E-state index in [0.717, 1.165) is 18.7 Å². The Hall–Kier alpha value is -3.27. The third-order valence-electron chi connectivity index (χ3n) is 4.74. The molecule has 0 N–H and O–H groups in total. The molecule has 0 radical (unpaired) electrons. The van der Waals surface area contributed by atoms with Crippen molar-refractivity contribution in [3.63, 3.8) is 0 Å². The zero-order valence-corrected chi connectivity index (χ0v) is 16.4. The number of ketones is 1. The van der Waals surface area contributed by atoms with Crippen LogP contribution in [0.5, 0.6) is 0 Å². The van der Waals surface area contributed by atoms with Crippen molar-refractivity contribution in [1.29, 1.82) is 0 Å². The first-order chi connectivity index (χ1) is 14.1. The second-order valence-electron chi connectivity index (χ2n) is 6.70. The number of hydrogen-bond acceptors (Lipinski definition) is 8. The predicted octanol–water partition coefficient (Wildman–Crippen LogP) is 0.901. The number of rotatable bonds is 6. The van der Waals surface area contributed by atoms with E-state index < -0.39 is 5.97 Å². The minimum Gasteiger partial charge on any atom is -0.462 e. The van der Waals surface area contributed by atoms with Crippen molar-refractivity contribution >= 4 is 23.3 Å². The number of pyridine rings is 1.